The van der Waals surface area contributed by atoms with Gasteiger partial charge in [0.05, 0.1) is 12.3 Å². The molecule has 23 heavy (non-hydrogen) atoms. The average molecular weight is 315 g/mol. The molecule has 0 spiro atoms. The molecule has 1 aromatic carbocycles. The van der Waals surface area contributed by atoms with Gasteiger partial charge >= 0.3 is 0 Å². The first-order valence-corrected chi connectivity index (χ1v) is 7.75. The van der Waals surface area contributed by atoms with Gasteiger partial charge in [-0.25, -0.2) is 0 Å². The van der Waals surface area contributed by atoms with Crippen LogP contribution >= 0.6 is 0 Å². The van der Waals surface area contributed by atoms with Crippen molar-refractivity contribution in [3.63, 3.8) is 0 Å². The van der Waals surface area contributed by atoms with Crippen LogP contribution in [0.25, 0.3) is 11.3 Å². The second-order valence-electron chi connectivity index (χ2n) is 6.61. The zero-order chi connectivity index (χ0) is 17.0. The SMILES string of the molecule is COCCNC(=O)c1cc(-c2ccc(C(C)(C)C)cc2)nn1C. The number of aromatic nitrogens is 2. The molecule has 2 rings (SSSR count). The van der Waals surface area contributed by atoms with Crippen LogP contribution in [0.2, 0.25) is 0 Å². The quantitative estimate of drug-likeness (QED) is 0.863. The molecule has 1 N–H and O–H groups in total. The van der Waals surface area contributed by atoms with Gasteiger partial charge in [0.15, 0.2) is 0 Å². The molecule has 0 aliphatic carbocycles. The number of carbonyl (C=O) groups excluding carboxylic acids is 1. The average Bonchev–Trinajstić information content (AvgIpc) is 2.89. The zero-order valence-corrected chi connectivity index (χ0v) is 14.5. The molecule has 124 valence electrons. The third-order valence-corrected chi connectivity index (χ3v) is 3.75. The van der Waals surface area contributed by atoms with E-state index in [1.165, 1.54) is 5.56 Å². The third kappa shape index (κ3) is 4.20. The molecule has 1 aromatic heterocycles. The smallest absolute Gasteiger partial charge is 0.269 e. The van der Waals surface area contributed by atoms with Crippen LogP contribution in [0.3, 0.4) is 0 Å². The van der Waals surface area contributed by atoms with Crippen LogP contribution in [0.4, 0.5) is 0 Å². The Morgan fingerprint density at radius 2 is 1.91 bits per heavy atom. The van der Waals surface area contributed by atoms with Gasteiger partial charge in [-0.15, -0.1) is 0 Å². The van der Waals surface area contributed by atoms with E-state index in [-0.39, 0.29) is 11.3 Å². The van der Waals surface area contributed by atoms with E-state index >= 15 is 0 Å². The molecular weight excluding hydrogens is 290 g/mol. The molecule has 0 aliphatic rings. The maximum Gasteiger partial charge on any atom is 0.269 e. The number of aryl methyl sites for hydroxylation is 1. The van der Waals surface area contributed by atoms with Crippen LogP contribution in [-0.2, 0) is 17.2 Å². The van der Waals surface area contributed by atoms with Gasteiger partial charge in [-0.3, -0.25) is 9.48 Å². The molecular formula is C18H25N3O2. The molecule has 5 heteroatoms. The Balaban J connectivity index is 2.18. The van der Waals surface area contributed by atoms with Crippen LogP contribution in [0.15, 0.2) is 30.3 Å². The molecule has 0 radical (unpaired) electrons. The number of methoxy groups -OCH3 is 1. The van der Waals surface area contributed by atoms with E-state index in [0.717, 1.165) is 11.3 Å². The Morgan fingerprint density at radius 3 is 2.48 bits per heavy atom. The van der Waals surface area contributed by atoms with E-state index < -0.39 is 0 Å². The lowest BCUT2D eigenvalue weighted by molar-refractivity contribution is 0.0927. The Morgan fingerprint density at radius 1 is 1.26 bits per heavy atom. The number of ether oxygens (including phenoxy) is 1. The van der Waals surface area contributed by atoms with Crippen molar-refractivity contribution in [3.05, 3.63) is 41.6 Å². The minimum atomic E-state index is -0.144. The van der Waals surface area contributed by atoms with Gasteiger partial charge in [-0.1, -0.05) is 45.0 Å². The lowest BCUT2D eigenvalue weighted by atomic mass is 9.86. The van der Waals surface area contributed by atoms with Crippen LogP contribution in [0, 0.1) is 0 Å². The highest BCUT2D eigenvalue weighted by Crippen LogP contribution is 2.25. The first kappa shape index (κ1) is 17.2. The summed E-state index contributed by atoms with van der Waals surface area (Å²) in [5.74, 6) is -0.144. The van der Waals surface area contributed by atoms with Gasteiger partial charge in [0.2, 0.25) is 0 Å². The van der Waals surface area contributed by atoms with Gasteiger partial charge in [0.25, 0.3) is 5.91 Å². The summed E-state index contributed by atoms with van der Waals surface area (Å²) in [7, 11) is 3.38. The summed E-state index contributed by atoms with van der Waals surface area (Å²) in [6.45, 7) is 7.53. The fraction of sp³-hybridized carbons (Fsp3) is 0.444. The standard InChI is InChI=1S/C18H25N3O2/c1-18(2,3)14-8-6-13(7-9-14)15-12-16(21(4)20-15)17(22)19-10-11-23-5/h6-9,12H,10-11H2,1-5H3,(H,19,22). The number of nitrogens with one attached hydrogen (secondary N) is 1. The number of carbonyl (C=O) groups is 1. The molecule has 2 aromatic rings. The first-order valence-electron chi connectivity index (χ1n) is 7.75. The van der Waals surface area contributed by atoms with E-state index in [0.29, 0.717) is 18.8 Å². The molecule has 0 aliphatic heterocycles. The first-order chi connectivity index (χ1) is 10.8. The Kier molecular flexibility index (Phi) is 5.21. The van der Waals surface area contributed by atoms with Crippen LogP contribution < -0.4 is 5.32 Å². The van der Waals surface area contributed by atoms with Gasteiger partial charge in [-0.2, -0.15) is 5.10 Å². The van der Waals surface area contributed by atoms with Gasteiger partial charge in [0.1, 0.15) is 5.69 Å². The molecule has 5 nitrogen and oxygen atoms in total. The van der Waals surface area contributed by atoms with E-state index in [4.69, 9.17) is 4.74 Å². The summed E-state index contributed by atoms with van der Waals surface area (Å²) in [4.78, 5) is 12.1. The summed E-state index contributed by atoms with van der Waals surface area (Å²) in [5.41, 5.74) is 3.73. The molecule has 1 heterocycles. The van der Waals surface area contributed by atoms with E-state index in [1.54, 1.807) is 18.8 Å². The van der Waals surface area contributed by atoms with Crippen LogP contribution in [0.1, 0.15) is 36.8 Å². The molecule has 0 unspecified atom stereocenters. The van der Waals surface area contributed by atoms with Crippen molar-refractivity contribution in [2.24, 2.45) is 7.05 Å². The van der Waals surface area contributed by atoms with Crippen molar-refractivity contribution in [1.29, 1.82) is 0 Å². The second-order valence-corrected chi connectivity index (χ2v) is 6.61. The number of rotatable bonds is 5. The van der Waals surface area contributed by atoms with Crippen LogP contribution in [-0.4, -0.2) is 35.9 Å². The maximum absolute atomic E-state index is 12.1. The van der Waals surface area contributed by atoms with E-state index in [2.05, 4.69) is 55.5 Å². The number of amides is 1. The summed E-state index contributed by atoms with van der Waals surface area (Å²) in [6.07, 6.45) is 0. The summed E-state index contributed by atoms with van der Waals surface area (Å²) < 4.78 is 6.54. The summed E-state index contributed by atoms with van der Waals surface area (Å²) in [6, 6.07) is 10.1. The zero-order valence-electron chi connectivity index (χ0n) is 14.5. The monoisotopic (exact) mass is 315 g/mol. The summed E-state index contributed by atoms with van der Waals surface area (Å²) in [5, 5.41) is 7.26. The molecule has 0 bridgehead atoms. The molecule has 0 saturated heterocycles. The normalized spacial score (nSPS) is 11.5. The van der Waals surface area contributed by atoms with Crippen molar-refractivity contribution in [2.45, 2.75) is 26.2 Å². The second kappa shape index (κ2) is 6.96. The predicted molar refractivity (Wildman–Crippen MR) is 91.6 cm³/mol. The molecule has 1 amide bonds. The number of hydrogen-bond acceptors (Lipinski definition) is 3. The Bertz CT molecular complexity index is 667. The third-order valence-electron chi connectivity index (χ3n) is 3.75. The molecule has 0 saturated carbocycles. The minimum absolute atomic E-state index is 0.120. The Hall–Kier alpha value is -2.14. The molecule has 0 atom stereocenters. The minimum Gasteiger partial charge on any atom is -0.383 e. The fourth-order valence-electron chi connectivity index (χ4n) is 2.32. The summed E-state index contributed by atoms with van der Waals surface area (Å²) >= 11 is 0. The lowest BCUT2D eigenvalue weighted by Gasteiger charge is -2.18. The van der Waals surface area contributed by atoms with Crippen molar-refractivity contribution in [2.75, 3.05) is 20.3 Å². The highest BCUT2D eigenvalue weighted by Gasteiger charge is 2.16. The van der Waals surface area contributed by atoms with Gasteiger partial charge in [0, 0.05) is 26.3 Å². The highest BCUT2D eigenvalue weighted by molar-refractivity contribution is 5.93. The predicted octanol–water partition coefficient (Wildman–Crippen LogP) is 2.76. The topological polar surface area (TPSA) is 56.1 Å². The number of benzene rings is 1. The van der Waals surface area contributed by atoms with E-state index in [1.807, 2.05) is 6.07 Å². The van der Waals surface area contributed by atoms with Gasteiger partial charge in [-0.05, 0) is 17.0 Å². The highest BCUT2D eigenvalue weighted by atomic mass is 16.5. The largest absolute Gasteiger partial charge is 0.383 e. The van der Waals surface area contributed by atoms with Crippen molar-refractivity contribution in [1.82, 2.24) is 15.1 Å². The van der Waals surface area contributed by atoms with Gasteiger partial charge < -0.3 is 10.1 Å². The molecule has 0 fully saturated rings. The van der Waals surface area contributed by atoms with Crippen molar-refractivity contribution in [3.8, 4) is 11.3 Å². The Labute approximate surface area is 137 Å². The van der Waals surface area contributed by atoms with E-state index in [9.17, 15) is 4.79 Å². The van der Waals surface area contributed by atoms with Crippen LogP contribution in [0.5, 0.6) is 0 Å². The number of nitrogens with zero attached hydrogens (tertiary/aromatic N) is 2. The van der Waals surface area contributed by atoms with Crippen molar-refractivity contribution < 1.29 is 9.53 Å². The number of hydrogen-bond donors (Lipinski definition) is 1. The van der Waals surface area contributed by atoms with Crippen molar-refractivity contribution >= 4 is 5.91 Å². The maximum atomic E-state index is 12.1. The fourth-order valence-corrected chi connectivity index (χ4v) is 2.32. The lowest BCUT2D eigenvalue weighted by Crippen LogP contribution is -2.28.